The third-order valence-electron chi connectivity index (χ3n) is 5.40. The van der Waals surface area contributed by atoms with Crippen LogP contribution in [0.3, 0.4) is 0 Å². The van der Waals surface area contributed by atoms with Crippen LogP contribution in [0.25, 0.3) is 0 Å². The van der Waals surface area contributed by atoms with Crippen molar-refractivity contribution >= 4 is 0 Å². The van der Waals surface area contributed by atoms with Crippen molar-refractivity contribution in [2.24, 2.45) is 0 Å². The quantitative estimate of drug-likeness (QED) is 0.768. The lowest BCUT2D eigenvalue weighted by molar-refractivity contribution is -1.00. The molecule has 2 aromatic carbocycles. The molecule has 0 atom stereocenters. The first-order valence-corrected chi connectivity index (χ1v) is 8.52. The average Bonchev–Trinajstić information content (AvgIpc) is 2.92. The summed E-state index contributed by atoms with van der Waals surface area (Å²) in [5.41, 5.74) is 4.28. The van der Waals surface area contributed by atoms with Crippen molar-refractivity contribution < 1.29 is 14.0 Å². The first-order valence-electron chi connectivity index (χ1n) is 8.52. The zero-order chi connectivity index (χ0) is 17.4. The van der Waals surface area contributed by atoms with Gasteiger partial charge in [-0.15, -0.1) is 0 Å². The molecular weight excluding hydrogens is 298 g/mol. The topological polar surface area (TPSA) is 18.5 Å². The molecule has 0 bridgehead atoms. The van der Waals surface area contributed by atoms with E-state index in [9.17, 15) is 0 Å². The van der Waals surface area contributed by atoms with E-state index in [2.05, 4.69) is 63.2 Å². The number of fused-ring (bicyclic) bond motifs is 1. The molecule has 0 saturated carbocycles. The molecule has 2 aromatic rings. The predicted molar refractivity (Wildman–Crippen MR) is 97.1 cm³/mol. The summed E-state index contributed by atoms with van der Waals surface area (Å²) in [6.45, 7) is 10.1. The lowest BCUT2D eigenvalue weighted by Crippen LogP contribution is -2.55. The molecule has 0 N–H and O–H groups in total. The molecule has 1 aliphatic rings. The molecule has 128 valence electrons. The van der Waals surface area contributed by atoms with E-state index in [-0.39, 0.29) is 5.54 Å². The number of benzene rings is 2. The van der Waals surface area contributed by atoms with Gasteiger partial charge in [-0.1, -0.05) is 30.3 Å². The second-order valence-corrected chi connectivity index (χ2v) is 7.75. The van der Waals surface area contributed by atoms with Crippen LogP contribution in [0.4, 0.5) is 0 Å². The van der Waals surface area contributed by atoms with E-state index < -0.39 is 0 Å². The molecule has 3 heteroatoms. The zero-order valence-corrected chi connectivity index (χ0v) is 15.4. The Bertz CT molecular complexity index is 684. The highest BCUT2D eigenvalue weighted by Crippen LogP contribution is 2.43. The lowest BCUT2D eigenvalue weighted by atomic mass is 10.00. The van der Waals surface area contributed by atoms with Crippen LogP contribution in [0.15, 0.2) is 42.5 Å². The highest BCUT2D eigenvalue weighted by atomic mass is 16.5. The standard InChI is InChI=1S/C21H28NO2/c1-21(2,3)22(13-16-9-7-6-8-10-16)14-17-11-19(23-4)20(24-5)12-18(17)15-22/h6-12H,13-15H2,1-5H3/q+1. The SMILES string of the molecule is COc1cc2c(cc1OC)C[N+](Cc1ccccc1)(C(C)(C)C)C2. The Morgan fingerprint density at radius 2 is 1.38 bits per heavy atom. The van der Waals surface area contributed by atoms with Crippen LogP contribution in [0.5, 0.6) is 11.5 Å². The highest BCUT2D eigenvalue weighted by Gasteiger charge is 2.45. The minimum atomic E-state index is 0.148. The fourth-order valence-corrected chi connectivity index (χ4v) is 3.72. The minimum Gasteiger partial charge on any atom is -0.493 e. The molecule has 0 aromatic heterocycles. The highest BCUT2D eigenvalue weighted by molar-refractivity contribution is 5.48. The van der Waals surface area contributed by atoms with Gasteiger partial charge in [0, 0.05) is 16.7 Å². The van der Waals surface area contributed by atoms with Crippen molar-refractivity contribution in [3.63, 3.8) is 0 Å². The van der Waals surface area contributed by atoms with Crippen LogP contribution < -0.4 is 9.47 Å². The molecule has 1 aliphatic heterocycles. The van der Waals surface area contributed by atoms with Gasteiger partial charge in [0.25, 0.3) is 0 Å². The molecule has 24 heavy (non-hydrogen) atoms. The summed E-state index contributed by atoms with van der Waals surface area (Å²) in [5, 5.41) is 0. The van der Waals surface area contributed by atoms with Gasteiger partial charge in [-0.3, -0.25) is 0 Å². The van der Waals surface area contributed by atoms with Crippen LogP contribution in [-0.4, -0.2) is 24.2 Å². The number of hydrogen-bond donors (Lipinski definition) is 0. The molecule has 0 radical (unpaired) electrons. The number of nitrogens with zero attached hydrogens (tertiary/aromatic N) is 1. The van der Waals surface area contributed by atoms with Crippen molar-refractivity contribution in [2.45, 2.75) is 45.9 Å². The van der Waals surface area contributed by atoms with Crippen LogP contribution in [-0.2, 0) is 19.6 Å². The summed E-state index contributed by atoms with van der Waals surface area (Å²) >= 11 is 0. The third-order valence-corrected chi connectivity index (χ3v) is 5.40. The Hall–Kier alpha value is -2.00. The number of rotatable bonds is 4. The van der Waals surface area contributed by atoms with Gasteiger partial charge in [0.2, 0.25) is 0 Å². The largest absolute Gasteiger partial charge is 0.493 e. The van der Waals surface area contributed by atoms with Gasteiger partial charge in [-0.05, 0) is 32.9 Å². The van der Waals surface area contributed by atoms with Crippen LogP contribution in [0.1, 0.15) is 37.5 Å². The summed E-state index contributed by atoms with van der Waals surface area (Å²) in [6, 6.07) is 15.1. The van der Waals surface area contributed by atoms with Gasteiger partial charge in [-0.25, -0.2) is 0 Å². The predicted octanol–water partition coefficient (Wildman–Crippen LogP) is 4.53. The van der Waals surface area contributed by atoms with E-state index in [4.69, 9.17) is 9.47 Å². The van der Waals surface area contributed by atoms with Crippen LogP contribution in [0.2, 0.25) is 0 Å². The van der Waals surface area contributed by atoms with Gasteiger partial charge in [0.1, 0.15) is 19.6 Å². The summed E-state index contributed by atoms with van der Waals surface area (Å²) in [5.74, 6) is 1.65. The van der Waals surface area contributed by atoms with Gasteiger partial charge in [0.05, 0.1) is 19.8 Å². The van der Waals surface area contributed by atoms with E-state index in [0.717, 1.165) is 35.6 Å². The third kappa shape index (κ3) is 2.89. The number of hydrogen-bond acceptors (Lipinski definition) is 2. The molecule has 0 unspecified atom stereocenters. The van der Waals surface area contributed by atoms with Gasteiger partial charge in [-0.2, -0.15) is 0 Å². The fourth-order valence-electron chi connectivity index (χ4n) is 3.72. The molecule has 3 nitrogen and oxygen atoms in total. The van der Waals surface area contributed by atoms with Crippen LogP contribution in [0, 0.1) is 0 Å². The monoisotopic (exact) mass is 326 g/mol. The minimum absolute atomic E-state index is 0.148. The van der Waals surface area contributed by atoms with Crippen LogP contribution >= 0.6 is 0 Å². The Morgan fingerprint density at radius 3 is 1.79 bits per heavy atom. The van der Waals surface area contributed by atoms with Crippen molar-refractivity contribution in [3.05, 3.63) is 59.2 Å². The molecule has 0 spiro atoms. The summed E-state index contributed by atoms with van der Waals surface area (Å²) in [6.07, 6.45) is 0. The number of methoxy groups -OCH3 is 2. The van der Waals surface area contributed by atoms with E-state index in [1.54, 1.807) is 14.2 Å². The van der Waals surface area contributed by atoms with Crippen molar-refractivity contribution in [3.8, 4) is 11.5 Å². The molecule has 0 aliphatic carbocycles. The van der Waals surface area contributed by atoms with E-state index in [1.807, 2.05) is 0 Å². The maximum absolute atomic E-state index is 5.50. The smallest absolute Gasteiger partial charge is 0.161 e. The van der Waals surface area contributed by atoms with Crippen molar-refractivity contribution in [1.82, 2.24) is 0 Å². The second-order valence-electron chi connectivity index (χ2n) is 7.75. The van der Waals surface area contributed by atoms with Gasteiger partial charge < -0.3 is 14.0 Å². The fraction of sp³-hybridized carbons (Fsp3) is 0.429. The Morgan fingerprint density at radius 1 is 0.875 bits per heavy atom. The summed E-state index contributed by atoms with van der Waals surface area (Å²) < 4.78 is 12.0. The molecule has 3 rings (SSSR count). The second kappa shape index (κ2) is 6.14. The normalized spacial score (nSPS) is 15.9. The first-order chi connectivity index (χ1) is 11.4. The molecule has 1 heterocycles. The zero-order valence-electron chi connectivity index (χ0n) is 15.4. The Labute approximate surface area is 145 Å². The molecular formula is C21H28NO2+. The van der Waals surface area contributed by atoms with E-state index in [1.165, 1.54) is 16.7 Å². The average molecular weight is 326 g/mol. The maximum Gasteiger partial charge on any atom is 0.161 e. The van der Waals surface area contributed by atoms with Crippen molar-refractivity contribution in [1.29, 1.82) is 0 Å². The number of ether oxygens (including phenoxy) is 2. The van der Waals surface area contributed by atoms with Gasteiger partial charge >= 0.3 is 0 Å². The van der Waals surface area contributed by atoms with Gasteiger partial charge in [0.15, 0.2) is 11.5 Å². The van der Waals surface area contributed by atoms with E-state index in [0.29, 0.717) is 0 Å². The molecule has 0 fully saturated rings. The molecule has 0 saturated heterocycles. The first kappa shape index (κ1) is 16.8. The Balaban J connectivity index is 2.00. The lowest BCUT2D eigenvalue weighted by Gasteiger charge is -2.46. The molecule has 0 amide bonds. The summed E-state index contributed by atoms with van der Waals surface area (Å²) in [7, 11) is 3.41. The summed E-state index contributed by atoms with van der Waals surface area (Å²) in [4.78, 5) is 0. The van der Waals surface area contributed by atoms with E-state index >= 15 is 0 Å². The maximum atomic E-state index is 5.50. The Kier molecular flexibility index (Phi) is 4.31. The van der Waals surface area contributed by atoms with Crippen molar-refractivity contribution in [2.75, 3.05) is 14.2 Å². The number of quaternary nitrogens is 1.